The van der Waals surface area contributed by atoms with Gasteiger partial charge in [0.2, 0.25) is 5.91 Å². The van der Waals surface area contributed by atoms with Gasteiger partial charge >= 0.3 is 0 Å². The number of hydrogen-bond donors (Lipinski definition) is 1. The van der Waals surface area contributed by atoms with Gasteiger partial charge in [-0.3, -0.25) is 14.3 Å². The zero-order chi connectivity index (χ0) is 18.7. The number of nitrogens with zero attached hydrogens (tertiary/aromatic N) is 3. The molecule has 26 heavy (non-hydrogen) atoms. The van der Waals surface area contributed by atoms with Crippen LogP contribution in [0.3, 0.4) is 0 Å². The summed E-state index contributed by atoms with van der Waals surface area (Å²) in [5.74, 6) is 0.345. The molecule has 2 heterocycles. The Morgan fingerprint density at radius 1 is 1.23 bits per heavy atom. The molecule has 3 rings (SSSR count). The Bertz CT molecular complexity index is 810. The molecule has 1 aliphatic rings. The second-order valence-electron chi connectivity index (χ2n) is 7.33. The number of benzene rings is 1. The maximum atomic E-state index is 12.6. The summed E-state index contributed by atoms with van der Waals surface area (Å²) < 4.78 is 1.83. The van der Waals surface area contributed by atoms with E-state index in [4.69, 9.17) is 0 Å². The minimum absolute atomic E-state index is 0.105. The molecule has 1 N–H and O–H groups in total. The molecule has 0 aliphatic carbocycles. The Labute approximate surface area is 154 Å². The van der Waals surface area contributed by atoms with Crippen LogP contribution in [-0.2, 0) is 24.3 Å². The third-order valence-electron chi connectivity index (χ3n) is 4.49. The standard InChI is InChI=1S/C20H26N4O2/c1-14(2)12-21-20(26)18-11-17-13-23(7-8-24(17)22-18)19(25)10-16-6-4-5-15(3)9-16/h4-6,9,11,14H,7-8,10,12-13H2,1-3H3,(H,21,26). The Morgan fingerprint density at radius 3 is 2.77 bits per heavy atom. The van der Waals surface area contributed by atoms with E-state index >= 15 is 0 Å². The van der Waals surface area contributed by atoms with Crippen LogP contribution in [0, 0.1) is 12.8 Å². The van der Waals surface area contributed by atoms with Gasteiger partial charge in [0, 0.05) is 13.1 Å². The number of aryl methyl sites for hydroxylation is 1. The molecule has 0 spiro atoms. The van der Waals surface area contributed by atoms with Crippen molar-refractivity contribution in [3.8, 4) is 0 Å². The van der Waals surface area contributed by atoms with Crippen molar-refractivity contribution in [1.82, 2.24) is 20.0 Å². The quantitative estimate of drug-likeness (QED) is 0.895. The molecule has 1 aromatic heterocycles. The second-order valence-corrected chi connectivity index (χ2v) is 7.33. The van der Waals surface area contributed by atoms with Crippen molar-refractivity contribution >= 4 is 11.8 Å². The van der Waals surface area contributed by atoms with E-state index in [2.05, 4.69) is 24.3 Å². The fourth-order valence-electron chi connectivity index (χ4n) is 3.09. The molecule has 1 aliphatic heterocycles. The van der Waals surface area contributed by atoms with E-state index in [1.54, 1.807) is 6.07 Å². The summed E-state index contributed by atoms with van der Waals surface area (Å²) in [6.07, 6.45) is 0.400. The van der Waals surface area contributed by atoms with Gasteiger partial charge in [-0.15, -0.1) is 0 Å². The van der Waals surface area contributed by atoms with Crippen molar-refractivity contribution < 1.29 is 9.59 Å². The lowest BCUT2D eigenvalue weighted by Gasteiger charge is -2.27. The molecule has 0 saturated heterocycles. The van der Waals surface area contributed by atoms with Gasteiger partial charge in [-0.25, -0.2) is 0 Å². The van der Waals surface area contributed by atoms with E-state index < -0.39 is 0 Å². The summed E-state index contributed by atoms with van der Waals surface area (Å²) in [6, 6.07) is 9.83. The second kappa shape index (κ2) is 7.72. The van der Waals surface area contributed by atoms with E-state index in [0.29, 0.717) is 44.2 Å². The number of rotatable bonds is 5. The first-order chi connectivity index (χ1) is 12.4. The van der Waals surface area contributed by atoms with Crippen LogP contribution in [0.5, 0.6) is 0 Å². The van der Waals surface area contributed by atoms with Gasteiger partial charge in [0.05, 0.1) is 25.2 Å². The number of fused-ring (bicyclic) bond motifs is 1. The molecular formula is C20H26N4O2. The van der Waals surface area contributed by atoms with Gasteiger partial charge in [0.25, 0.3) is 5.91 Å². The average Bonchev–Trinajstić information content (AvgIpc) is 3.02. The maximum Gasteiger partial charge on any atom is 0.271 e. The molecule has 0 fully saturated rings. The van der Waals surface area contributed by atoms with Gasteiger partial charge in [-0.05, 0) is 24.5 Å². The van der Waals surface area contributed by atoms with Crippen molar-refractivity contribution in [2.75, 3.05) is 13.1 Å². The van der Waals surface area contributed by atoms with Gasteiger partial charge < -0.3 is 10.2 Å². The van der Waals surface area contributed by atoms with Crippen LogP contribution in [0.15, 0.2) is 30.3 Å². The number of carbonyl (C=O) groups is 2. The number of nitrogens with one attached hydrogen (secondary N) is 1. The Hall–Kier alpha value is -2.63. The molecule has 138 valence electrons. The predicted molar refractivity (Wildman–Crippen MR) is 99.7 cm³/mol. The molecule has 2 aromatic rings. The van der Waals surface area contributed by atoms with E-state index in [1.807, 2.05) is 40.8 Å². The Morgan fingerprint density at radius 2 is 2.04 bits per heavy atom. The summed E-state index contributed by atoms with van der Waals surface area (Å²) in [6.45, 7) is 8.49. The third-order valence-corrected chi connectivity index (χ3v) is 4.49. The highest BCUT2D eigenvalue weighted by atomic mass is 16.2. The molecular weight excluding hydrogens is 328 g/mol. The Kier molecular flexibility index (Phi) is 5.40. The topological polar surface area (TPSA) is 67.2 Å². The molecule has 0 saturated carbocycles. The number of aromatic nitrogens is 2. The summed E-state index contributed by atoms with van der Waals surface area (Å²) in [5.41, 5.74) is 3.52. The highest BCUT2D eigenvalue weighted by Gasteiger charge is 2.24. The average molecular weight is 354 g/mol. The van der Waals surface area contributed by atoms with Crippen LogP contribution in [0.25, 0.3) is 0 Å². The third kappa shape index (κ3) is 4.31. The van der Waals surface area contributed by atoms with Gasteiger partial charge in [-0.2, -0.15) is 5.10 Å². The monoisotopic (exact) mass is 354 g/mol. The van der Waals surface area contributed by atoms with Gasteiger partial charge in [-0.1, -0.05) is 43.7 Å². The van der Waals surface area contributed by atoms with Gasteiger partial charge in [0.1, 0.15) is 0 Å². The lowest BCUT2D eigenvalue weighted by molar-refractivity contribution is -0.132. The lowest BCUT2D eigenvalue weighted by Crippen LogP contribution is -2.39. The van der Waals surface area contributed by atoms with Crippen LogP contribution in [-0.4, -0.2) is 39.6 Å². The van der Waals surface area contributed by atoms with E-state index in [9.17, 15) is 9.59 Å². The van der Waals surface area contributed by atoms with Crippen LogP contribution < -0.4 is 5.32 Å². The first-order valence-electron chi connectivity index (χ1n) is 9.10. The summed E-state index contributed by atoms with van der Waals surface area (Å²) in [4.78, 5) is 26.7. The summed E-state index contributed by atoms with van der Waals surface area (Å²) >= 11 is 0. The minimum Gasteiger partial charge on any atom is -0.350 e. The van der Waals surface area contributed by atoms with Crippen molar-refractivity contribution in [2.24, 2.45) is 5.92 Å². The summed E-state index contributed by atoms with van der Waals surface area (Å²) in [7, 11) is 0. The molecule has 0 atom stereocenters. The normalized spacial score (nSPS) is 13.6. The van der Waals surface area contributed by atoms with Crippen LogP contribution in [0.2, 0.25) is 0 Å². The van der Waals surface area contributed by atoms with Crippen LogP contribution >= 0.6 is 0 Å². The van der Waals surface area contributed by atoms with Crippen LogP contribution in [0.4, 0.5) is 0 Å². The van der Waals surface area contributed by atoms with Gasteiger partial charge in [0.15, 0.2) is 5.69 Å². The number of hydrogen-bond acceptors (Lipinski definition) is 3. The lowest BCUT2D eigenvalue weighted by atomic mass is 10.1. The number of carbonyl (C=O) groups excluding carboxylic acids is 2. The molecule has 2 amide bonds. The van der Waals surface area contributed by atoms with E-state index in [0.717, 1.165) is 16.8 Å². The van der Waals surface area contributed by atoms with Crippen molar-refractivity contribution in [2.45, 2.75) is 40.3 Å². The molecule has 0 radical (unpaired) electrons. The van der Waals surface area contributed by atoms with Crippen molar-refractivity contribution in [3.63, 3.8) is 0 Å². The highest BCUT2D eigenvalue weighted by Crippen LogP contribution is 2.16. The van der Waals surface area contributed by atoms with Crippen molar-refractivity contribution in [1.29, 1.82) is 0 Å². The fraction of sp³-hybridized carbons (Fsp3) is 0.450. The molecule has 0 unspecified atom stereocenters. The van der Waals surface area contributed by atoms with E-state index in [-0.39, 0.29) is 11.8 Å². The molecule has 6 nitrogen and oxygen atoms in total. The Balaban J connectivity index is 1.64. The predicted octanol–water partition coefficient (Wildman–Crippen LogP) is 2.16. The van der Waals surface area contributed by atoms with Crippen molar-refractivity contribution in [3.05, 3.63) is 52.8 Å². The SMILES string of the molecule is Cc1cccc(CC(=O)N2CCn3nc(C(=O)NCC(C)C)cc3C2)c1. The van der Waals surface area contributed by atoms with E-state index in [1.165, 1.54) is 0 Å². The minimum atomic E-state index is -0.154. The first-order valence-corrected chi connectivity index (χ1v) is 9.10. The van der Waals surface area contributed by atoms with Crippen LogP contribution in [0.1, 0.15) is 41.2 Å². The molecule has 6 heteroatoms. The summed E-state index contributed by atoms with van der Waals surface area (Å²) in [5, 5.41) is 7.27. The zero-order valence-electron chi connectivity index (χ0n) is 15.7. The smallest absolute Gasteiger partial charge is 0.271 e. The number of amides is 2. The highest BCUT2D eigenvalue weighted by molar-refractivity contribution is 5.92. The first kappa shape index (κ1) is 18.2. The fourth-order valence-corrected chi connectivity index (χ4v) is 3.09. The maximum absolute atomic E-state index is 12.6. The molecule has 0 bridgehead atoms. The largest absolute Gasteiger partial charge is 0.350 e. The zero-order valence-corrected chi connectivity index (χ0v) is 15.7. The molecule has 1 aromatic carbocycles.